The zero-order valence-corrected chi connectivity index (χ0v) is 12.9. The Labute approximate surface area is 111 Å². The van der Waals surface area contributed by atoms with Crippen molar-refractivity contribution in [3.63, 3.8) is 0 Å². The van der Waals surface area contributed by atoms with E-state index in [0.717, 1.165) is 11.6 Å². The Balaban J connectivity index is 0.000000280. The number of halogens is 5. The third-order valence-corrected chi connectivity index (χ3v) is 1.88. The molecule has 0 bridgehead atoms. The fraction of sp³-hybridized carbons (Fsp3) is 0.100. The molecule has 6 heteroatoms. The molecule has 0 spiro atoms. The summed E-state index contributed by atoms with van der Waals surface area (Å²) in [6, 6.07) is 5.72. The molecule has 0 aliphatic rings. The van der Waals surface area contributed by atoms with Crippen molar-refractivity contribution in [1.29, 1.82) is 0 Å². The van der Waals surface area contributed by atoms with E-state index in [0.29, 0.717) is 10.8 Å². The first-order valence-electron chi connectivity index (χ1n) is 4.25. The van der Waals surface area contributed by atoms with Gasteiger partial charge in [-0.3, -0.25) is 0 Å². The number of benzene rings is 1. The van der Waals surface area contributed by atoms with Crippen LogP contribution in [-0.2, 0) is 18.2 Å². The van der Waals surface area contributed by atoms with Gasteiger partial charge in [0.1, 0.15) is 0 Å². The van der Waals surface area contributed by atoms with Crippen LogP contribution in [-0.4, -0.2) is 0 Å². The van der Waals surface area contributed by atoms with Gasteiger partial charge in [-0.25, -0.2) is 8.78 Å². The second-order valence-corrected chi connectivity index (χ2v) is 14.3. The molecule has 2 aromatic carbocycles. The van der Waals surface area contributed by atoms with Crippen molar-refractivity contribution in [3.8, 4) is 0 Å². The molecule has 0 unspecified atom stereocenters. The van der Waals surface area contributed by atoms with Crippen LogP contribution in [0.5, 0.6) is 0 Å². The van der Waals surface area contributed by atoms with Gasteiger partial charge in [0.25, 0.3) is 0 Å². The maximum absolute atomic E-state index is 13.0. The Morgan fingerprint density at radius 2 is 1.69 bits per heavy atom. The Morgan fingerprint density at radius 3 is 2.25 bits per heavy atom. The first-order chi connectivity index (χ1) is 7.40. The molecular formula is C10H7Cl3F2Zr-. The second kappa shape index (κ2) is 6.40. The van der Waals surface area contributed by atoms with E-state index in [-0.39, 0.29) is 0 Å². The molecule has 16 heavy (non-hydrogen) atoms. The number of rotatable bonds is 0. The monoisotopic (exact) mass is 360 g/mol. The molecule has 0 N–H and O–H groups in total. The first kappa shape index (κ1) is 14.5. The standard InChI is InChI=1S/C10H7F2.3ClH.Zr/c1-6-2-7-4-8(11)5-10(12)9(7)3-6;;;;/h2-5H,1H3;3*1H;/q-1;;;;+3/p-3. The van der Waals surface area contributed by atoms with Gasteiger partial charge in [0.2, 0.25) is 0 Å². The summed E-state index contributed by atoms with van der Waals surface area (Å²) in [5.41, 5.74) is 0.953. The minimum absolute atomic E-state index is 0.488. The molecule has 0 aliphatic carbocycles. The maximum atomic E-state index is 13.0. The van der Waals surface area contributed by atoms with Crippen molar-refractivity contribution >= 4 is 36.3 Å². The quantitative estimate of drug-likeness (QED) is 0.564. The van der Waals surface area contributed by atoms with Gasteiger partial charge in [-0.2, -0.15) is 6.07 Å². The van der Waals surface area contributed by atoms with E-state index in [4.69, 9.17) is 25.5 Å². The van der Waals surface area contributed by atoms with E-state index in [9.17, 15) is 8.78 Å². The van der Waals surface area contributed by atoms with Gasteiger partial charge < -0.3 is 0 Å². The summed E-state index contributed by atoms with van der Waals surface area (Å²) in [4.78, 5) is 0. The summed E-state index contributed by atoms with van der Waals surface area (Å²) >= 11 is -2.13. The molecule has 0 saturated heterocycles. The number of aryl methyl sites for hydroxylation is 1. The normalized spacial score (nSPS) is 9.88. The fourth-order valence-electron chi connectivity index (χ4n) is 1.39. The van der Waals surface area contributed by atoms with Crippen molar-refractivity contribution in [1.82, 2.24) is 0 Å². The molecular weight excluding hydrogens is 356 g/mol. The molecule has 0 radical (unpaired) electrons. The van der Waals surface area contributed by atoms with Crippen molar-refractivity contribution < 1.29 is 27.0 Å². The molecule has 2 aromatic rings. The van der Waals surface area contributed by atoms with Gasteiger partial charge >= 0.3 is 43.7 Å². The van der Waals surface area contributed by atoms with E-state index in [1.807, 2.05) is 6.92 Å². The molecule has 0 atom stereocenters. The zero-order chi connectivity index (χ0) is 12.3. The minimum atomic E-state index is -2.13. The van der Waals surface area contributed by atoms with E-state index in [1.165, 1.54) is 6.07 Å². The molecule has 0 nitrogen and oxygen atoms in total. The second-order valence-electron chi connectivity index (χ2n) is 3.14. The third kappa shape index (κ3) is 4.37. The number of hydrogen-bond donors (Lipinski definition) is 0. The predicted octanol–water partition coefficient (Wildman–Crippen LogP) is 5.21. The third-order valence-electron chi connectivity index (χ3n) is 1.88. The first-order valence-corrected chi connectivity index (χ1v) is 13.7. The van der Waals surface area contributed by atoms with Crippen molar-refractivity contribution in [2.24, 2.45) is 0 Å². The Bertz CT molecular complexity index is 479. The van der Waals surface area contributed by atoms with Crippen molar-refractivity contribution in [2.45, 2.75) is 6.92 Å². The molecule has 87 valence electrons. The molecule has 0 saturated carbocycles. The SMILES string of the molecule is Cc1cc2c(F)cc(F)cc2[cH-]1.[Cl][Zr]([Cl])[Cl]. The summed E-state index contributed by atoms with van der Waals surface area (Å²) < 4.78 is 25.7. The molecule has 2 rings (SSSR count). The summed E-state index contributed by atoms with van der Waals surface area (Å²) in [6.45, 7) is 1.86. The van der Waals surface area contributed by atoms with Gasteiger partial charge in [-0.05, 0) is 6.07 Å². The van der Waals surface area contributed by atoms with E-state index >= 15 is 0 Å². The van der Waals surface area contributed by atoms with Gasteiger partial charge in [-0.15, -0.1) is 22.4 Å². The molecule has 0 aliphatic heterocycles. The van der Waals surface area contributed by atoms with Crippen molar-refractivity contribution in [3.05, 3.63) is 41.5 Å². The van der Waals surface area contributed by atoms with Gasteiger partial charge in [0.15, 0.2) is 0 Å². The number of fused-ring (bicyclic) bond motifs is 1. The van der Waals surface area contributed by atoms with Gasteiger partial charge in [0, 0.05) is 0 Å². The average molecular weight is 363 g/mol. The average Bonchev–Trinajstić information content (AvgIpc) is 2.44. The van der Waals surface area contributed by atoms with Crippen LogP contribution in [0, 0.1) is 18.6 Å². The van der Waals surface area contributed by atoms with Crippen LogP contribution in [0.4, 0.5) is 8.78 Å². The molecule has 0 fully saturated rings. The fourth-order valence-corrected chi connectivity index (χ4v) is 1.39. The Hall–Kier alpha value is 0.443. The van der Waals surface area contributed by atoms with Crippen LogP contribution in [0.1, 0.15) is 5.56 Å². The van der Waals surface area contributed by atoms with Crippen LogP contribution >= 0.6 is 25.5 Å². The van der Waals surface area contributed by atoms with Gasteiger partial charge in [-0.1, -0.05) is 13.0 Å². The number of hydrogen-bond acceptors (Lipinski definition) is 0. The van der Waals surface area contributed by atoms with Crippen LogP contribution in [0.15, 0.2) is 24.3 Å². The van der Waals surface area contributed by atoms with Crippen molar-refractivity contribution in [2.75, 3.05) is 0 Å². The van der Waals surface area contributed by atoms with Crippen LogP contribution in [0.25, 0.3) is 10.8 Å². The van der Waals surface area contributed by atoms with Crippen LogP contribution < -0.4 is 0 Å². The Kier molecular flexibility index (Phi) is 5.80. The molecule has 0 aromatic heterocycles. The summed E-state index contributed by atoms with van der Waals surface area (Å²) in [5, 5.41) is 1.12. The zero-order valence-electron chi connectivity index (χ0n) is 8.20. The molecule has 0 amide bonds. The summed E-state index contributed by atoms with van der Waals surface area (Å²) in [5.74, 6) is -1.01. The van der Waals surface area contributed by atoms with Crippen LogP contribution in [0.3, 0.4) is 0 Å². The van der Waals surface area contributed by atoms with E-state index in [1.54, 1.807) is 12.1 Å². The Morgan fingerprint density at radius 1 is 1.12 bits per heavy atom. The predicted molar refractivity (Wildman–Crippen MR) is 61.8 cm³/mol. The summed E-state index contributed by atoms with van der Waals surface area (Å²) in [7, 11) is 15.0. The van der Waals surface area contributed by atoms with Crippen LogP contribution in [0.2, 0.25) is 0 Å². The summed E-state index contributed by atoms with van der Waals surface area (Å²) in [6.07, 6.45) is 0. The molecule has 0 heterocycles. The van der Waals surface area contributed by atoms with Gasteiger partial charge in [0.05, 0.1) is 11.6 Å². The van der Waals surface area contributed by atoms with E-state index in [2.05, 4.69) is 0 Å². The van der Waals surface area contributed by atoms with E-state index < -0.39 is 29.8 Å². The topological polar surface area (TPSA) is 0 Å².